The standard InChI is InChI=1S/C15H16ClN3O4/c1-19-7-10(14(20)17-12(8-23-2)15(21)22)13(18-19)9-5-3-4-6-11(9)16/h3-7,12H,8H2,1-2H3,(H,17,20)(H,21,22). The van der Waals surface area contributed by atoms with E-state index in [4.69, 9.17) is 21.4 Å². The summed E-state index contributed by atoms with van der Waals surface area (Å²) >= 11 is 6.16. The van der Waals surface area contributed by atoms with E-state index in [1.807, 2.05) is 0 Å². The number of rotatable bonds is 6. The van der Waals surface area contributed by atoms with Gasteiger partial charge in [-0.1, -0.05) is 29.8 Å². The third-order valence-corrected chi connectivity index (χ3v) is 3.47. The van der Waals surface area contributed by atoms with Crippen molar-refractivity contribution in [2.75, 3.05) is 13.7 Å². The Hall–Kier alpha value is -2.38. The number of nitrogens with one attached hydrogen (secondary N) is 1. The predicted molar refractivity (Wildman–Crippen MR) is 84.4 cm³/mol. The van der Waals surface area contributed by atoms with Crippen LogP contribution < -0.4 is 5.32 Å². The van der Waals surface area contributed by atoms with Crippen LogP contribution in [0.1, 0.15) is 10.4 Å². The number of nitrogens with zero attached hydrogens (tertiary/aromatic N) is 2. The van der Waals surface area contributed by atoms with Crippen molar-refractivity contribution in [2.24, 2.45) is 7.05 Å². The van der Waals surface area contributed by atoms with Crippen molar-refractivity contribution in [1.82, 2.24) is 15.1 Å². The lowest BCUT2D eigenvalue weighted by Gasteiger charge is -2.13. The summed E-state index contributed by atoms with van der Waals surface area (Å²) in [4.78, 5) is 23.6. The molecule has 0 spiro atoms. The van der Waals surface area contributed by atoms with Gasteiger partial charge < -0.3 is 15.2 Å². The van der Waals surface area contributed by atoms with Gasteiger partial charge in [0.25, 0.3) is 5.91 Å². The first-order chi connectivity index (χ1) is 10.9. The molecule has 1 aromatic carbocycles. The number of carbonyl (C=O) groups is 2. The lowest BCUT2D eigenvalue weighted by Crippen LogP contribution is -2.43. The molecule has 7 nitrogen and oxygen atoms in total. The number of amides is 1. The summed E-state index contributed by atoms with van der Waals surface area (Å²) in [6, 6.07) is 5.84. The van der Waals surface area contributed by atoms with Gasteiger partial charge >= 0.3 is 5.97 Å². The quantitative estimate of drug-likeness (QED) is 0.834. The van der Waals surface area contributed by atoms with E-state index in [-0.39, 0.29) is 12.2 Å². The number of benzene rings is 1. The monoisotopic (exact) mass is 337 g/mol. The second-order valence-corrected chi connectivity index (χ2v) is 5.27. The molecule has 0 saturated carbocycles. The molecule has 0 aliphatic rings. The third-order valence-electron chi connectivity index (χ3n) is 3.14. The van der Waals surface area contributed by atoms with Crippen LogP contribution >= 0.6 is 11.6 Å². The van der Waals surface area contributed by atoms with Gasteiger partial charge in [0.15, 0.2) is 6.04 Å². The maximum Gasteiger partial charge on any atom is 0.328 e. The molecule has 0 fully saturated rings. The van der Waals surface area contributed by atoms with Crippen LogP contribution in [0.4, 0.5) is 0 Å². The van der Waals surface area contributed by atoms with Gasteiger partial charge in [-0.05, 0) is 6.07 Å². The second kappa shape index (κ2) is 7.26. The van der Waals surface area contributed by atoms with Crippen LogP contribution in [0.5, 0.6) is 0 Å². The molecular formula is C15H16ClN3O4. The number of aliphatic carboxylic acids is 1. The van der Waals surface area contributed by atoms with Crippen molar-refractivity contribution >= 4 is 23.5 Å². The van der Waals surface area contributed by atoms with Gasteiger partial charge in [0.1, 0.15) is 5.69 Å². The van der Waals surface area contributed by atoms with Gasteiger partial charge in [0, 0.05) is 25.9 Å². The van der Waals surface area contributed by atoms with Crippen LogP contribution in [0, 0.1) is 0 Å². The average Bonchev–Trinajstić information content (AvgIpc) is 2.89. The number of hydrogen-bond acceptors (Lipinski definition) is 4. The number of methoxy groups -OCH3 is 1. The maximum atomic E-state index is 12.4. The van der Waals surface area contributed by atoms with E-state index >= 15 is 0 Å². The summed E-state index contributed by atoms with van der Waals surface area (Å²) < 4.78 is 6.28. The Morgan fingerprint density at radius 2 is 2.13 bits per heavy atom. The first-order valence-electron chi connectivity index (χ1n) is 6.75. The number of carboxylic acid groups (broad SMARTS) is 1. The Morgan fingerprint density at radius 3 is 2.74 bits per heavy atom. The van der Waals surface area contributed by atoms with Crippen molar-refractivity contribution in [3.63, 3.8) is 0 Å². The first-order valence-corrected chi connectivity index (χ1v) is 7.13. The lowest BCUT2D eigenvalue weighted by molar-refractivity contribution is -0.140. The number of carboxylic acids is 1. The molecule has 8 heteroatoms. The number of ether oxygens (including phenoxy) is 1. The average molecular weight is 338 g/mol. The van der Waals surface area contributed by atoms with Gasteiger partial charge in [-0.25, -0.2) is 4.79 Å². The third kappa shape index (κ3) is 3.88. The molecule has 0 aliphatic heterocycles. The number of hydrogen-bond donors (Lipinski definition) is 2. The van der Waals surface area contributed by atoms with E-state index in [0.717, 1.165) is 0 Å². The topological polar surface area (TPSA) is 93.5 Å². The number of aromatic nitrogens is 2. The molecule has 2 rings (SSSR count). The van der Waals surface area contributed by atoms with Crippen LogP contribution in [-0.4, -0.2) is 46.5 Å². The maximum absolute atomic E-state index is 12.4. The minimum Gasteiger partial charge on any atom is -0.480 e. The SMILES string of the molecule is COCC(NC(=O)c1cn(C)nc1-c1ccccc1Cl)C(=O)O. The number of aryl methyl sites for hydroxylation is 1. The van der Waals surface area contributed by atoms with Crippen LogP contribution in [-0.2, 0) is 16.6 Å². The van der Waals surface area contributed by atoms with Crippen molar-refractivity contribution in [1.29, 1.82) is 0 Å². The normalized spacial score (nSPS) is 12.0. The highest BCUT2D eigenvalue weighted by atomic mass is 35.5. The Morgan fingerprint density at radius 1 is 1.43 bits per heavy atom. The van der Waals surface area contributed by atoms with Crippen LogP contribution in [0.15, 0.2) is 30.5 Å². The van der Waals surface area contributed by atoms with Crippen molar-refractivity contribution in [3.8, 4) is 11.3 Å². The van der Waals surface area contributed by atoms with E-state index in [0.29, 0.717) is 16.3 Å². The second-order valence-electron chi connectivity index (χ2n) is 4.86. The molecule has 122 valence electrons. The van der Waals surface area contributed by atoms with Gasteiger partial charge in [-0.15, -0.1) is 0 Å². The Balaban J connectivity index is 2.35. The predicted octanol–water partition coefficient (Wildman–Crippen LogP) is 1.57. The minimum atomic E-state index is -1.18. The van der Waals surface area contributed by atoms with E-state index in [1.54, 1.807) is 31.3 Å². The summed E-state index contributed by atoms with van der Waals surface area (Å²) in [5.41, 5.74) is 1.22. The number of halogens is 1. The zero-order valence-electron chi connectivity index (χ0n) is 12.6. The summed E-state index contributed by atoms with van der Waals surface area (Å²) in [5.74, 6) is -1.74. The zero-order chi connectivity index (χ0) is 17.0. The Kier molecular flexibility index (Phi) is 5.36. The fourth-order valence-corrected chi connectivity index (χ4v) is 2.31. The molecule has 1 unspecified atom stereocenters. The van der Waals surface area contributed by atoms with Gasteiger partial charge in [0.2, 0.25) is 0 Å². The molecule has 1 heterocycles. The molecule has 0 aliphatic carbocycles. The highest BCUT2D eigenvalue weighted by Gasteiger charge is 2.24. The fourth-order valence-electron chi connectivity index (χ4n) is 2.08. The molecule has 23 heavy (non-hydrogen) atoms. The smallest absolute Gasteiger partial charge is 0.328 e. The van der Waals surface area contributed by atoms with Crippen molar-refractivity contribution < 1.29 is 19.4 Å². The minimum absolute atomic E-state index is 0.136. The molecule has 0 saturated heterocycles. The van der Waals surface area contributed by atoms with E-state index in [1.165, 1.54) is 18.0 Å². The largest absolute Gasteiger partial charge is 0.480 e. The van der Waals surface area contributed by atoms with Crippen LogP contribution in [0.25, 0.3) is 11.3 Å². The summed E-state index contributed by atoms with van der Waals surface area (Å²) in [6.45, 7) is -0.136. The van der Waals surface area contributed by atoms with Gasteiger partial charge in [-0.3, -0.25) is 9.48 Å². The molecule has 1 aromatic heterocycles. The van der Waals surface area contributed by atoms with E-state index < -0.39 is 17.9 Å². The first kappa shape index (κ1) is 17.0. The Labute approximate surface area is 137 Å². The summed E-state index contributed by atoms with van der Waals surface area (Å²) in [5, 5.41) is 16.2. The number of carbonyl (C=O) groups excluding carboxylic acids is 1. The van der Waals surface area contributed by atoms with Crippen LogP contribution in [0.2, 0.25) is 5.02 Å². The summed E-state index contributed by atoms with van der Waals surface area (Å²) in [6.07, 6.45) is 1.51. The molecule has 0 bridgehead atoms. The van der Waals surface area contributed by atoms with E-state index in [2.05, 4.69) is 10.4 Å². The lowest BCUT2D eigenvalue weighted by atomic mass is 10.1. The van der Waals surface area contributed by atoms with E-state index in [9.17, 15) is 9.59 Å². The molecule has 1 atom stereocenters. The fraction of sp³-hybridized carbons (Fsp3) is 0.267. The molecule has 2 N–H and O–H groups in total. The molecule has 1 amide bonds. The highest BCUT2D eigenvalue weighted by molar-refractivity contribution is 6.33. The zero-order valence-corrected chi connectivity index (χ0v) is 13.4. The molecular weight excluding hydrogens is 322 g/mol. The van der Waals surface area contributed by atoms with Crippen molar-refractivity contribution in [2.45, 2.75) is 6.04 Å². The summed E-state index contributed by atoms with van der Waals surface area (Å²) in [7, 11) is 3.03. The van der Waals surface area contributed by atoms with Gasteiger partial charge in [-0.2, -0.15) is 5.10 Å². The molecule has 0 radical (unpaired) electrons. The molecule has 2 aromatic rings. The highest BCUT2D eigenvalue weighted by Crippen LogP contribution is 2.28. The Bertz CT molecular complexity index is 729. The van der Waals surface area contributed by atoms with Gasteiger partial charge in [0.05, 0.1) is 17.2 Å². The van der Waals surface area contributed by atoms with Crippen LogP contribution in [0.3, 0.4) is 0 Å². The van der Waals surface area contributed by atoms with Crippen molar-refractivity contribution in [3.05, 3.63) is 41.0 Å².